The monoisotopic (exact) mass is 315 g/mol. The van der Waals surface area contributed by atoms with E-state index in [0.29, 0.717) is 5.56 Å². The number of pyridine rings is 1. The lowest BCUT2D eigenvalue weighted by Crippen LogP contribution is -2.17. The Hall–Kier alpha value is -1.72. The molecule has 116 valence electrons. The number of rotatable bonds is 9. The zero-order valence-corrected chi connectivity index (χ0v) is 12.3. The second kappa shape index (κ2) is 7.90. The van der Waals surface area contributed by atoms with E-state index < -0.39 is 25.2 Å². The fourth-order valence-electron chi connectivity index (χ4n) is 1.90. The second-order valence-electron chi connectivity index (χ2n) is 4.84. The van der Waals surface area contributed by atoms with Gasteiger partial charge in [0.1, 0.15) is 0 Å². The average molecular weight is 315 g/mol. The SMILES string of the molecule is O=C(O)CCC(CCP(=O)(O)Cc1ccncc1)C(=O)O. The molecule has 0 radical (unpaired) electrons. The minimum absolute atomic E-state index is 0.0124. The molecule has 0 saturated carbocycles. The van der Waals surface area contributed by atoms with Crippen molar-refractivity contribution in [3.8, 4) is 0 Å². The highest BCUT2D eigenvalue weighted by Crippen LogP contribution is 2.45. The van der Waals surface area contributed by atoms with Gasteiger partial charge in [-0.2, -0.15) is 0 Å². The molecule has 1 aromatic rings. The van der Waals surface area contributed by atoms with Gasteiger partial charge in [-0.3, -0.25) is 19.1 Å². The lowest BCUT2D eigenvalue weighted by atomic mass is 10.0. The summed E-state index contributed by atoms with van der Waals surface area (Å²) >= 11 is 0. The largest absolute Gasteiger partial charge is 0.481 e. The van der Waals surface area contributed by atoms with Gasteiger partial charge in [0.25, 0.3) is 0 Å². The molecule has 0 saturated heterocycles. The highest BCUT2D eigenvalue weighted by Gasteiger charge is 2.25. The lowest BCUT2D eigenvalue weighted by molar-refractivity contribution is -0.143. The van der Waals surface area contributed by atoms with Gasteiger partial charge in [0, 0.05) is 31.1 Å². The van der Waals surface area contributed by atoms with Crippen LogP contribution < -0.4 is 0 Å². The van der Waals surface area contributed by atoms with Crippen molar-refractivity contribution in [3.05, 3.63) is 30.1 Å². The summed E-state index contributed by atoms with van der Waals surface area (Å²) in [5.41, 5.74) is 0.660. The summed E-state index contributed by atoms with van der Waals surface area (Å²) < 4.78 is 12.1. The Balaban J connectivity index is 2.55. The van der Waals surface area contributed by atoms with Crippen LogP contribution in [0.5, 0.6) is 0 Å². The number of nitrogens with zero attached hydrogens (tertiary/aromatic N) is 1. The summed E-state index contributed by atoms with van der Waals surface area (Å²) in [7, 11) is -3.49. The second-order valence-corrected chi connectivity index (χ2v) is 7.30. The molecule has 2 atom stereocenters. The van der Waals surface area contributed by atoms with E-state index in [9.17, 15) is 19.0 Å². The Morgan fingerprint density at radius 1 is 1.19 bits per heavy atom. The molecule has 0 aromatic carbocycles. The maximum atomic E-state index is 12.1. The minimum atomic E-state index is -3.49. The van der Waals surface area contributed by atoms with E-state index in [1.807, 2.05) is 0 Å². The van der Waals surface area contributed by atoms with Gasteiger partial charge in [0.05, 0.1) is 5.92 Å². The standard InChI is InChI=1S/C13H18NO6P/c15-12(16)2-1-11(13(17)18)5-8-21(19,20)9-10-3-6-14-7-4-10/h3-4,6-7,11H,1-2,5,8-9H2,(H,15,16)(H,17,18)(H,19,20). The third kappa shape index (κ3) is 7.02. The Labute approximate surface area is 122 Å². The van der Waals surface area contributed by atoms with Crippen molar-refractivity contribution in [2.45, 2.75) is 25.4 Å². The summed E-state index contributed by atoms with van der Waals surface area (Å²) in [6.45, 7) is 0. The number of aliphatic carboxylic acids is 2. The molecule has 0 fully saturated rings. The first-order valence-electron chi connectivity index (χ1n) is 6.44. The summed E-state index contributed by atoms with van der Waals surface area (Å²) in [6.07, 6.45) is 2.52. The minimum Gasteiger partial charge on any atom is -0.481 e. The van der Waals surface area contributed by atoms with Gasteiger partial charge >= 0.3 is 11.9 Å². The summed E-state index contributed by atoms with van der Waals surface area (Å²) in [5, 5.41) is 17.6. The molecular weight excluding hydrogens is 297 g/mol. The molecule has 3 N–H and O–H groups in total. The van der Waals surface area contributed by atoms with Gasteiger partial charge in [-0.25, -0.2) is 0 Å². The van der Waals surface area contributed by atoms with Crippen molar-refractivity contribution in [2.24, 2.45) is 5.92 Å². The predicted molar refractivity (Wildman–Crippen MR) is 75.2 cm³/mol. The van der Waals surface area contributed by atoms with E-state index >= 15 is 0 Å². The first-order valence-corrected chi connectivity index (χ1v) is 8.47. The van der Waals surface area contributed by atoms with Crippen molar-refractivity contribution in [1.29, 1.82) is 0 Å². The highest BCUT2D eigenvalue weighted by atomic mass is 31.2. The highest BCUT2D eigenvalue weighted by molar-refractivity contribution is 7.57. The Bertz CT molecular complexity index is 533. The van der Waals surface area contributed by atoms with Crippen LogP contribution in [0, 0.1) is 5.92 Å². The molecule has 1 heterocycles. The van der Waals surface area contributed by atoms with E-state index in [0.717, 1.165) is 0 Å². The third-order valence-corrected chi connectivity index (χ3v) is 4.88. The molecule has 0 aliphatic carbocycles. The smallest absolute Gasteiger partial charge is 0.306 e. The number of hydrogen-bond acceptors (Lipinski definition) is 4. The van der Waals surface area contributed by atoms with Crippen LogP contribution in [0.15, 0.2) is 24.5 Å². The topological polar surface area (TPSA) is 125 Å². The van der Waals surface area contributed by atoms with Gasteiger partial charge in [-0.15, -0.1) is 0 Å². The van der Waals surface area contributed by atoms with E-state index in [-0.39, 0.29) is 31.6 Å². The molecule has 8 heteroatoms. The van der Waals surface area contributed by atoms with Crippen LogP contribution >= 0.6 is 7.37 Å². The fourth-order valence-corrected chi connectivity index (χ4v) is 3.55. The Morgan fingerprint density at radius 3 is 2.33 bits per heavy atom. The van der Waals surface area contributed by atoms with E-state index in [1.165, 1.54) is 12.4 Å². The summed E-state index contributed by atoms with van der Waals surface area (Å²) in [5.74, 6) is -3.13. The van der Waals surface area contributed by atoms with Crippen molar-refractivity contribution in [2.75, 3.05) is 6.16 Å². The first kappa shape index (κ1) is 17.3. The van der Waals surface area contributed by atoms with Crippen molar-refractivity contribution in [1.82, 2.24) is 4.98 Å². The van der Waals surface area contributed by atoms with Crippen LogP contribution in [-0.4, -0.2) is 38.2 Å². The molecular formula is C13H18NO6P. The van der Waals surface area contributed by atoms with Gasteiger partial charge < -0.3 is 15.1 Å². The zero-order valence-electron chi connectivity index (χ0n) is 11.4. The molecule has 21 heavy (non-hydrogen) atoms. The molecule has 0 spiro atoms. The zero-order chi connectivity index (χ0) is 15.9. The molecule has 0 bridgehead atoms. The molecule has 0 aliphatic rings. The predicted octanol–water partition coefficient (Wildman–Crippen LogP) is 1.81. The molecule has 1 rings (SSSR count). The number of carbonyl (C=O) groups is 2. The van der Waals surface area contributed by atoms with E-state index in [4.69, 9.17) is 10.2 Å². The third-order valence-electron chi connectivity index (χ3n) is 3.06. The van der Waals surface area contributed by atoms with Gasteiger partial charge in [0.15, 0.2) is 0 Å². The van der Waals surface area contributed by atoms with Crippen LogP contribution in [0.1, 0.15) is 24.8 Å². The summed E-state index contributed by atoms with van der Waals surface area (Å²) in [4.78, 5) is 35.2. The van der Waals surface area contributed by atoms with Gasteiger partial charge in [-0.05, 0) is 30.5 Å². The van der Waals surface area contributed by atoms with E-state index in [2.05, 4.69) is 4.98 Å². The fraction of sp³-hybridized carbons (Fsp3) is 0.462. The van der Waals surface area contributed by atoms with Gasteiger partial charge in [0.2, 0.25) is 7.37 Å². The van der Waals surface area contributed by atoms with Crippen molar-refractivity contribution in [3.63, 3.8) is 0 Å². The molecule has 0 amide bonds. The number of carboxylic acids is 2. The Morgan fingerprint density at radius 2 is 1.81 bits per heavy atom. The normalized spacial score (nSPS) is 15.1. The van der Waals surface area contributed by atoms with Crippen LogP contribution in [0.2, 0.25) is 0 Å². The number of carboxylic acid groups (broad SMARTS) is 2. The maximum Gasteiger partial charge on any atom is 0.306 e. The lowest BCUT2D eigenvalue weighted by Gasteiger charge is -2.15. The van der Waals surface area contributed by atoms with E-state index in [1.54, 1.807) is 12.1 Å². The van der Waals surface area contributed by atoms with Crippen LogP contribution in [0.3, 0.4) is 0 Å². The average Bonchev–Trinajstić information content (AvgIpc) is 2.38. The quantitative estimate of drug-likeness (QED) is 0.593. The maximum absolute atomic E-state index is 12.1. The molecule has 1 aromatic heterocycles. The number of hydrogen-bond donors (Lipinski definition) is 3. The van der Waals surface area contributed by atoms with Gasteiger partial charge in [-0.1, -0.05) is 0 Å². The first-order chi connectivity index (χ1) is 9.80. The van der Waals surface area contributed by atoms with Crippen molar-refractivity contribution >= 4 is 19.3 Å². The van der Waals surface area contributed by atoms with Crippen LogP contribution in [0.25, 0.3) is 0 Å². The van der Waals surface area contributed by atoms with Crippen LogP contribution in [-0.2, 0) is 20.3 Å². The Kier molecular flexibility index (Phi) is 6.52. The van der Waals surface area contributed by atoms with Crippen molar-refractivity contribution < 1.29 is 29.3 Å². The number of aromatic nitrogens is 1. The molecule has 2 unspecified atom stereocenters. The molecule has 7 nitrogen and oxygen atoms in total. The molecule has 0 aliphatic heterocycles. The van der Waals surface area contributed by atoms with Crippen LogP contribution in [0.4, 0.5) is 0 Å². The summed E-state index contributed by atoms with van der Waals surface area (Å²) in [6, 6.07) is 3.25.